The molecule has 2 fully saturated rings. The van der Waals surface area contributed by atoms with E-state index in [2.05, 4.69) is 0 Å². The molecule has 88 valence electrons. The van der Waals surface area contributed by atoms with E-state index in [1.165, 1.54) is 59.9 Å². The van der Waals surface area contributed by atoms with Gasteiger partial charge in [-0.05, 0) is 37.0 Å². The molecule has 2 aliphatic rings. The molecule has 2 saturated carbocycles. The Hall–Kier alpha value is 0.430. The predicted molar refractivity (Wildman–Crippen MR) is 71.3 cm³/mol. The second-order valence-electron chi connectivity index (χ2n) is 5.54. The van der Waals surface area contributed by atoms with E-state index in [0.717, 1.165) is 11.3 Å². The monoisotopic (exact) mass is 226 g/mol. The Bertz CT molecular complexity index is 151. The molecule has 0 aromatic rings. The van der Waals surface area contributed by atoms with Crippen LogP contribution in [-0.2, 0) is 0 Å². The maximum absolute atomic E-state index is 1.56. The second-order valence-corrected chi connectivity index (χ2v) is 7.51. The van der Waals surface area contributed by atoms with Crippen molar-refractivity contribution in [3.63, 3.8) is 0 Å². The van der Waals surface area contributed by atoms with Gasteiger partial charge >= 0.3 is 0 Å². The summed E-state index contributed by atoms with van der Waals surface area (Å²) in [5.74, 6) is 0. The van der Waals surface area contributed by atoms with Crippen molar-refractivity contribution >= 4 is 8.58 Å². The molecule has 0 aliphatic heterocycles. The largest absolute Gasteiger partial charge is 0.116 e. The summed E-state index contributed by atoms with van der Waals surface area (Å²) in [6.45, 7) is 0. The van der Waals surface area contributed by atoms with E-state index >= 15 is 0 Å². The lowest BCUT2D eigenvalue weighted by atomic mass is 10.1. The summed E-state index contributed by atoms with van der Waals surface area (Å²) >= 11 is 0. The molecular formula is C14H27P. The Morgan fingerprint density at radius 3 is 1.27 bits per heavy atom. The molecule has 0 nitrogen and oxygen atoms in total. The number of rotatable bonds is 2. The smallest absolute Gasteiger partial charge is 0.0234 e. The lowest BCUT2D eigenvalue weighted by molar-refractivity contribution is 0.624. The topological polar surface area (TPSA) is 0 Å². The molecular weight excluding hydrogens is 199 g/mol. The van der Waals surface area contributed by atoms with Gasteiger partial charge in [0, 0.05) is 0 Å². The molecule has 0 bridgehead atoms. The molecule has 0 aromatic carbocycles. The van der Waals surface area contributed by atoms with Crippen LogP contribution in [0.2, 0.25) is 0 Å². The Morgan fingerprint density at radius 1 is 0.467 bits per heavy atom. The average Bonchev–Trinajstić information content (AvgIpc) is 2.75. The third-order valence-electron chi connectivity index (χ3n) is 4.18. The van der Waals surface area contributed by atoms with E-state index in [0.29, 0.717) is 0 Å². The summed E-state index contributed by atoms with van der Waals surface area (Å²) in [6, 6.07) is 0. The highest BCUT2D eigenvalue weighted by molar-refractivity contribution is 7.39. The first kappa shape index (κ1) is 11.9. The van der Waals surface area contributed by atoms with Crippen molar-refractivity contribution in [1.82, 2.24) is 0 Å². The van der Waals surface area contributed by atoms with Crippen LogP contribution in [0.25, 0.3) is 0 Å². The van der Waals surface area contributed by atoms with Crippen LogP contribution >= 0.6 is 8.58 Å². The van der Waals surface area contributed by atoms with Gasteiger partial charge in [-0.2, -0.15) is 0 Å². The maximum Gasteiger partial charge on any atom is -0.0234 e. The van der Waals surface area contributed by atoms with Crippen molar-refractivity contribution in [2.75, 3.05) is 0 Å². The standard InChI is InChI=1S/C14H27P/c1-2-4-6-10-13(9-5-3-1)15-14-11-7-8-12-14/h13-15H,1-12H2. The molecule has 0 N–H and O–H groups in total. The Balaban J connectivity index is 1.72. The first-order valence-electron chi connectivity index (χ1n) is 7.21. The van der Waals surface area contributed by atoms with Crippen LogP contribution in [0.5, 0.6) is 0 Å². The Kier molecular flexibility index (Phi) is 5.47. The molecule has 0 radical (unpaired) electrons. The van der Waals surface area contributed by atoms with E-state index < -0.39 is 0 Å². The van der Waals surface area contributed by atoms with Gasteiger partial charge in [-0.3, -0.25) is 0 Å². The third-order valence-corrected chi connectivity index (χ3v) is 6.28. The molecule has 1 heteroatoms. The normalized spacial score (nSPS) is 28.0. The number of hydrogen-bond donors (Lipinski definition) is 0. The van der Waals surface area contributed by atoms with Gasteiger partial charge < -0.3 is 0 Å². The fourth-order valence-corrected chi connectivity index (χ4v) is 5.38. The lowest BCUT2D eigenvalue weighted by Crippen LogP contribution is -2.06. The highest BCUT2D eigenvalue weighted by Gasteiger charge is 2.19. The van der Waals surface area contributed by atoms with Crippen LogP contribution in [0.3, 0.4) is 0 Å². The maximum atomic E-state index is 1.56. The summed E-state index contributed by atoms with van der Waals surface area (Å²) in [5, 5.41) is 0. The molecule has 1 unspecified atom stereocenters. The predicted octanol–water partition coefficient (Wildman–Crippen LogP) is 5.11. The summed E-state index contributed by atoms with van der Waals surface area (Å²) in [5.41, 5.74) is 2.28. The van der Waals surface area contributed by atoms with Crippen molar-refractivity contribution < 1.29 is 0 Å². The first-order valence-corrected chi connectivity index (χ1v) is 8.37. The molecule has 0 aromatic heterocycles. The summed E-state index contributed by atoms with van der Waals surface area (Å²) in [7, 11) is 1.32. The summed E-state index contributed by atoms with van der Waals surface area (Å²) < 4.78 is 0. The van der Waals surface area contributed by atoms with Crippen molar-refractivity contribution in [1.29, 1.82) is 0 Å². The minimum absolute atomic E-state index is 1.13. The van der Waals surface area contributed by atoms with E-state index in [-0.39, 0.29) is 0 Å². The van der Waals surface area contributed by atoms with Crippen molar-refractivity contribution in [3.05, 3.63) is 0 Å². The van der Waals surface area contributed by atoms with Crippen LogP contribution in [0.1, 0.15) is 77.0 Å². The van der Waals surface area contributed by atoms with Crippen LogP contribution in [0, 0.1) is 0 Å². The minimum atomic E-state index is 1.13. The van der Waals surface area contributed by atoms with Crippen molar-refractivity contribution in [2.45, 2.75) is 88.4 Å². The fraction of sp³-hybridized carbons (Fsp3) is 1.00. The average molecular weight is 226 g/mol. The molecule has 0 spiro atoms. The molecule has 0 heterocycles. The summed E-state index contributed by atoms with van der Waals surface area (Å²) in [4.78, 5) is 0. The van der Waals surface area contributed by atoms with E-state index in [1.54, 1.807) is 25.7 Å². The molecule has 0 saturated heterocycles. The Labute approximate surface area is 97.4 Å². The molecule has 2 rings (SSSR count). The van der Waals surface area contributed by atoms with Crippen molar-refractivity contribution in [2.24, 2.45) is 0 Å². The zero-order chi connectivity index (χ0) is 10.3. The van der Waals surface area contributed by atoms with Crippen LogP contribution in [0.15, 0.2) is 0 Å². The van der Waals surface area contributed by atoms with Gasteiger partial charge in [-0.25, -0.2) is 0 Å². The second kappa shape index (κ2) is 6.89. The third kappa shape index (κ3) is 4.43. The lowest BCUT2D eigenvalue weighted by Gasteiger charge is -2.20. The van der Waals surface area contributed by atoms with Gasteiger partial charge in [-0.15, -0.1) is 8.58 Å². The Morgan fingerprint density at radius 2 is 0.800 bits per heavy atom. The fourth-order valence-electron chi connectivity index (χ4n) is 3.23. The van der Waals surface area contributed by atoms with Crippen LogP contribution in [0.4, 0.5) is 0 Å². The summed E-state index contributed by atoms with van der Waals surface area (Å²) in [6.07, 6.45) is 18.5. The van der Waals surface area contributed by atoms with E-state index in [9.17, 15) is 0 Å². The zero-order valence-corrected chi connectivity index (χ0v) is 11.1. The van der Waals surface area contributed by atoms with Crippen LogP contribution in [-0.4, -0.2) is 11.3 Å². The van der Waals surface area contributed by atoms with Gasteiger partial charge in [-0.1, -0.05) is 51.4 Å². The van der Waals surface area contributed by atoms with Gasteiger partial charge in [0.15, 0.2) is 0 Å². The van der Waals surface area contributed by atoms with E-state index in [4.69, 9.17) is 0 Å². The van der Waals surface area contributed by atoms with Crippen molar-refractivity contribution in [3.8, 4) is 0 Å². The van der Waals surface area contributed by atoms with E-state index in [1.807, 2.05) is 0 Å². The molecule has 15 heavy (non-hydrogen) atoms. The van der Waals surface area contributed by atoms with Gasteiger partial charge in [0.05, 0.1) is 0 Å². The zero-order valence-electron chi connectivity index (χ0n) is 10.1. The first-order chi connectivity index (χ1) is 7.45. The van der Waals surface area contributed by atoms with Crippen LogP contribution < -0.4 is 0 Å². The van der Waals surface area contributed by atoms with Gasteiger partial charge in [0.1, 0.15) is 0 Å². The minimum Gasteiger partial charge on any atom is -0.116 e. The SMILES string of the molecule is C1CCCCC(PC2CCCC2)CCC1. The highest BCUT2D eigenvalue weighted by Crippen LogP contribution is 2.41. The van der Waals surface area contributed by atoms with Gasteiger partial charge in [0.2, 0.25) is 0 Å². The molecule has 0 amide bonds. The van der Waals surface area contributed by atoms with Gasteiger partial charge in [0.25, 0.3) is 0 Å². The quantitative estimate of drug-likeness (QED) is 0.574. The molecule has 1 atom stereocenters. The highest BCUT2D eigenvalue weighted by atomic mass is 31.1. The number of hydrogen-bond acceptors (Lipinski definition) is 0. The molecule has 2 aliphatic carbocycles.